The Bertz CT molecular complexity index is 864. The van der Waals surface area contributed by atoms with Crippen LogP contribution in [0.5, 0.6) is 17.4 Å². The van der Waals surface area contributed by atoms with Gasteiger partial charge in [0.15, 0.2) is 11.9 Å². The second kappa shape index (κ2) is 9.12. The fourth-order valence-electron chi connectivity index (χ4n) is 2.32. The van der Waals surface area contributed by atoms with E-state index in [1.807, 2.05) is 6.92 Å². The molecule has 0 aliphatic rings. The molecule has 2 aromatic rings. The van der Waals surface area contributed by atoms with Crippen molar-refractivity contribution >= 4 is 35.2 Å². The molecule has 0 spiro atoms. The Hall–Kier alpha value is -2.22. The highest BCUT2D eigenvalue weighted by atomic mass is 35.5. The number of aliphatic hydroxyl groups excluding tert-OH is 1. The molecule has 0 aliphatic heterocycles. The van der Waals surface area contributed by atoms with E-state index in [4.69, 9.17) is 37.8 Å². The van der Waals surface area contributed by atoms with Gasteiger partial charge in [0, 0.05) is 13.1 Å². The quantitative estimate of drug-likeness (QED) is 0.694. The average Bonchev–Trinajstić information content (AvgIpc) is 2.89. The van der Waals surface area contributed by atoms with Gasteiger partial charge in [0.25, 0.3) is 0 Å². The van der Waals surface area contributed by atoms with Crippen molar-refractivity contribution in [3.63, 3.8) is 0 Å². The monoisotopic (exact) mass is 414 g/mol. The number of carbonyl (C=O) groups excluding carboxylic acids is 1. The SMILES string of the molecule is COC(=O)[C@H](C)Oc1cc(Oc2c(/C=C/CO)c(C)nn2C)c(Cl)cc1Cl. The molecule has 0 saturated heterocycles. The number of carbonyl (C=O) groups is 1. The van der Waals surface area contributed by atoms with Crippen LogP contribution in [-0.2, 0) is 16.6 Å². The van der Waals surface area contributed by atoms with Crippen LogP contribution in [0, 0.1) is 6.92 Å². The summed E-state index contributed by atoms with van der Waals surface area (Å²) >= 11 is 12.4. The van der Waals surface area contributed by atoms with Gasteiger partial charge in [0.05, 0.1) is 35.0 Å². The summed E-state index contributed by atoms with van der Waals surface area (Å²) in [7, 11) is 2.99. The number of nitrogens with zero attached hydrogens (tertiary/aromatic N) is 2. The van der Waals surface area contributed by atoms with Crippen LogP contribution in [-0.4, -0.2) is 40.7 Å². The molecule has 1 aromatic carbocycles. The van der Waals surface area contributed by atoms with E-state index in [-0.39, 0.29) is 28.2 Å². The predicted octanol–water partition coefficient (Wildman–Crippen LogP) is 3.77. The lowest BCUT2D eigenvalue weighted by molar-refractivity contribution is -0.147. The minimum Gasteiger partial charge on any atom is -0.477 e. The van der Waals surface area contributed by atoms with E-state index in [0.29, 0.717) is 11.4 Å². The van der Waals surface area contributed by atoms with Crippen molar-refractivity contribution in [3.05, 3.63) is 39.5 Å². The molecule has 0 aliphatic carbocycles. The van der Waals surface area contributed by atoms with Crippen LogP contribution >= 0.6 is 23.2 Å². The van der Waals surface area contributed by atoms with Crippen molar-refractivity contribution in [2.75, 3.05) is 13.7 Å². The Morgan fingerprint density at radius 1 is 1.33 bits per heavy atom. The summed E-state index contributed by atoms with van der Waals surface area (Å²) < 4.78 is 17.7. The number of hydrogen-bond donors (Lipinski definition) is 1. The average molecular weight is 415 g/mol. The first-order chi connectivity index (χ1) is 12.8. The maximum absolute atomic E-state index is 11.6. The first-order valence-electron chi connectivity index (χ1n) is 8.00. The molecule has 9 heteroatoms. The van der Waals surface area contributed by atoms with Crippen LogP contribution in [0.1, 0.15) is 18.2 Å². The number of hydrogen-bond acceptors (Lipinski definition) is 6. The summed E-state index contributed by atoms with van der Waals surface area (Å²) in [6.07, 6.45) is 2.43. The second-order valence-corrected chi connectivity index (χ2v) is 6.43. The fourth-order valence-corrected chi connectivity index (χ4v) is 2.79. The zero-order valence-corrected chi connectivity index (χ0v) is 16.8. The number of aryl methyl sites for hydroxylation is 2. The lowest BCUT2D eigenvalue weighted by Gasteiger charge is -2.16. The molecule has 0 fully saturated rings. The van der Waals surface area contributed by atoms with Crippen LogP contribution in [0.2, 0.25) is 10.0 Å². The van der Waals surface area contributed by atoms with Gasteiger partial charge < -0.3 is 19.3 Å². The summed E-state index contributed by atoms with van der Waals surface area (Å²) in [6, 6.07) is 2.95. The van der Waals surface area contributed by atoms with Gasteiger partial charge >= 0.3 is 5.97 Å². The molecule has 0 amide bonds. The van der Waals surface area contributed by atoms with Crippen molar-refractivity contribution in [2.24, 2.45) is 7.05 Å². The minimum atomic E-state index is -0.858. The number of aliphatic hydroxyl groups is 1. The van der Waals surface area contributed by atoms with Gasteiger partial charge in [-0.3, -0.25) is 0 Å². The molecule has 1 N–H and O–H groups in total. The lowest BCUT2D eigenvalue weighted by atomic mass is 10.2. The maximum Gasteiger partial charge on any atom is 0.346 e. The molecule has 146 valence electrons. The van der Waals surface area contributed by atoms with E-state index in [0.717, 1.165) is 5.69 Å². The van der Waals surface area contributed by atoms with E-state index in [1.54, 1.807) is 30.8 Å². The number of ether oxygens (including phenoxy) is 3. The highest BCUT2D eigenvalue weighted by Crippen LogP contribution is 2.39. The molecule has 0 bridgehead atoms. The lowest BCUT2D eigenvalue weighted by Crippen LogP contribution is -2.25. The number of esters is 1. The van der Waals surface area contributed by atoms with Gasteiger partial charge in [-0.25, -0.2) is 9.48 Å². The first kappa shape index (κ1) is 21.1. The van der Waals surface area contributed by atoms with Gasteiger partial charge in [-0.1, -0.05) is 29.3 Å². The predicted molar refractivity (Wildman–Crippen MR) is 103 cm³/mol. The molecule has 0 radical (unpaired) electrons. The highest BCUT2D eigenvalue weighted by Gasteiger charge is 2.20. The third kappa shape index (κ3) is 4.94. The van der Waals surface area contributed by atoms with Crippen LogP contribution in [0.25, 0.3) is 6.08 Å². The Morgan fingerprint density at radius 3 is 2.63 bits per heavy atom. The normalized spacial score (nSPS) is 12.3. The van der Waals surface area contributed by atoms with E-state index in [1.165, 1.54) is 19.2 Å². The van der Waals surface area contributed by atoms with Gasteiger partial charge in [-0.2, -0.15) is 5.10 Å². The summed E-state index contributed by atoms with van der Waals surface area (Å²) in [5.74, 6) is 0.380. The smallest absolute Gasteiger partial charge is 0.346 e. The minimum absolute atomic E-state index is 0.112. The van der Waals surface area contributed by atoms with E-state index in [9.17, 15) is 4.79 Å². The number of halogens is 2. The third-order valence-corrected chi connectivity index (χ3v) is 4.22. The van der Waals surface area contributed by atoms with Crippen molar-refractivity contribution in [2.45, 2.75) is 20.0 Å². The van der Waals surface area contributed by atoms with Gasteiger partial charge in [-0.15, -0.1) is 0 Å². The Morgan fingerprint density at radius 2 is 2.00 bits per heavy atom. The van der Waals surface area contributed by atoms with Crippen molar-refractivity contribution in [1.29, 1.82) is 0 Å². The highest BCUT2D eigenvalue weighted by molar-refractivity contribution is 6.36. The van der Waals surface area contributed by atoms with E-state index >= 15 is 0 Å². The standard InChI is InChI=1S/C18H20Cl2N2O5/c1-10-12(6-5-7-23)17(22(3)21-10)27-16-9-15(13(19)8-14(16)20)26-11(2)18(24)25-4/h5-6,8-9,11,23H,7H2,1-4H3/b6-5+/t11-/m0/s1. The molecule has 1 aromatic heterocycles. The molecule has 1 heterocycles. The summed E-state index contributed by atoms with van der Waals surface area (Å²) in [5.41, 5.74) is 1.42. The number of benzene rings is 1. The van der Waals surface area contributed by atoms with Crippen molar-refractivity contribution in [3.8, 4) is 17.4 Å². The largest absolute Gasteiger partial charge is 0.477 e. The molecule has 1 atom stereocenters. The van der Waals surface area contributed by atoms with E-state index < -0.39 is 12.1 Å². The second-order valence-electron chi connectivity index (χ2n) is 5.61. The third-order valence-electron chi connectivity index (χ3n) is 3.63. The van der Waals surface area contributed by atoms with Gasteiger partial charge in [-0.05, 0) is 26.0 Å². The summed E-state index contributed by atoms with van der Waals surface area (Å²) in [4.78, 5) is 11.6. The summed E-state index contributed by atoms with van der Waals surface area (Å²) in [5, 5.41) is 13.8. The van der Waals surface area contributed by atoms with E-state index in [2.05, 4.69) is 9.84 Å². The van der Waals surface area contributed by atoms with Crippen LogP contribution in [0.3, 0.4) is 0 Å². The van der Waals surface area contributed by atoms with Gasteiger partial charge in [0.1, 0.15) is 5.75 Å². The topological polar surface area (TPSA) is 82.8 Å². The molecular formula is C18H20Cl2N2O5. The number of methoxy groups -OCH3 is 1. The number of rotatable bonds is 7. The molecule has 27 heavy (non-hydrogen) atoms. The van der Waals surface area contributed by atoms with Crippen molar-refractivity contribution in [1.82, 2.24) is 9.78 Å². The molecule has 7 nitrogen and oxygen atoms in total. The summed E-state index contributed by atoms with van der Waals surface area (Å²) in [6.45, 7) is 3.25. The zero-order chi connectivity index (χ0) is 20.1. The Kier molecular flexibility index (Phi) is 7.12. The zero-order valence-electron chi connectivity index (χ0n) is 15.3. The fraction of sp³-hybridized carbons (Fsp3) is 0.333. The van der Waals surface area contributed by atoms with Gasteiger partial charge in [0.2, 0.25) is 5.88 Å². The maximum atomic E-state index is 11.6. The molecule has 0 unspecified atom stereocenters. The number of aromatic nitrogens is 2. The molecule has 0 saturated carbocycles. The van der Waals surface area contributed by atoms with Crippen LogP contribution < -0.4 is 9.47 Å². The van der Waals surface area contributed by atoms with Crippen LogP contribution in [0.4, 0.5) is 0 Å². The molecular weight excluding hydrogens is 395 g/mol. The Balaban J connectivity index is 2.39. The Labute approximate surface area is 167 Å². The van der Waals surface area contributed by atoms with Crippen molar-refractivity contribution < 1.29 is 24.1 Å². The molecule has 2 rings (SSSR count). The van der Waals surface area contributed by atoms with Crippen LogP contribution in [0.15, 0.2) is 18.2 Å². The first-order valence-corrected chi connectivity index (χ1v) is 8.76.